The number of halogens is 1. The van der Waals surface area contributed by atoms with Gasteiger partial charge in [-0.05, 0) is 45.1 Å². The predicted molar refractivity (Wildman–Crippen MR) is 91.9 cm³/mol. The van der Waals surface area contributed by atoms with E-state index in [1.807, 2.05) is 23.6 Å². The van der Waals surface area contributed by atoms with E-state index < -0.39 is 4.92 Å². The Balaban J connectivity index is 1.98. The van der Waals surface area contributed by atoms with Gasteiger partial charge in [0.1, 0.15) is 11.6 Å². The maximum Gasteiger partial charge on any atom is 0.284 e. The van der Waals surface area contributed by atoms with E-state index in [9.17, 15) is 15.4 Å². The van der Waals surface area contributed by atoms with Crippen molar-refractivity contribution in [2.75, 3.05) is 0 Å². The van der Waals surface area contributed by atoms with Crippen molar-refractivity contribution in [1.82, 2.24) is 10.1 Å². The first-order valence-electron chi connectivity index (χ1n) is 6.52. The fraction of sp³-hybridized carbons (Fsp3) is 0. The van der Waals surface area contributed by atoms with Crippen molar-refractivity contribution < 1.29 is 9.45 Å². The molecule has 0 fully saturated rings. The average Bonchev–Trinajstić information content (AvgIpc) is 3.24. The molecule has 3 aromatic rings. The minimum atomic E-state index is -0.505. The number of nitro groups is 1. The van der Waals surface area contributed by atoms with Crippen LogP contribution in [0.5, 0.6) is 0 Å². The molecule has 0 bridgehead atoms. The average molecular weight is 403 g/mol. The van der Waals surface area contributed by atoms with Crippen molar-refractivity contribution >= 4 is 44.6 Å². The second-order valence-corrected chi connectivity index (χ2v) is 6.34. The Labute approximate surface area is 148 Å². The number of nitrogens with zero attached hydrogens (tertiary/aromatic N) is 4. The van der Waals surface area contributed by atoms with Crippen LogP contribution >= 0.6 is 27.3 Å². The third-order valence-corrected chi connectivity index (χ3v) is 4.53. The molecule has 0 atom stereocenters. The molecule has 0 saturated carbocycles. The second kappa shape index (κ2) is 6.74. The molecule has 0 amide bonds. The third-order valence-electron chi connectivity index (χ3n) is 3.00. The van der Waals surface area contributed by atoms with Gasteiger partial charge in [0.15, 0.2) is 0 Å². The second-order valence-electron chi connectivity index (χ2n) is 4.54. The topological polar surface area (TPSA) is 106 Å². The molecule has 2 heterocycles. The van der Waals surface area contributed by atoms with Crippen molar-refractivity contribution in [3.63, 3.8) is 0 Å². The number of benzene rings is 1. The Morgan fingerprint density at radius 2 is 2.29 bits per heavy atom. The fourth-order valence-corrected chi connectivity index (χ4v) is 2.95. The smallest absolute Gasteiger partial charge is 0.284 e. The minimum absolute atomic E-state index is 0.0615. The molecule has 0 aliphatic carbocycles. The summed E-state index contributed by atoms with van der Waals surface area (Å²) in [6.07, 6.45) is 1.46. The van der Waals surface area contributed by atoms with E-state index in [1.165, 1.54) is 23.5 Å². The molecule has 3 rings (SSSR count). The first kappa shape index (κ1) is 16.0. The van der Waals surface area contributed by atoms with Gasteiger partial charge in [-0.25, -0.2) is 0 Å². The van der Waals surface area contributed by atoms with Gasteiger partial charge < -0.3 is 4.52 Å². The van der Waals surface area contributed by atoms with Gasteiger partial charge >= 0.3 is 0 Å². The third kappa shape index (κ3) is 3.24. The van der Waals surface area contributed by atoms with Crippen molar-refractivity contribution in [1.29, 1.82) is 5.26 Å². The molecule has 2 aromatic heterocycles. The van der Waals surface area contributed by atoms with Crippen LogP contribution in [0.2, 0.25) is 0 Å². The molecule has 0 radical (unpaired) electrons. The molecule has 0 saturated heterocycles. The van der Waals surface area contributed by atoms with Crippen LogP contribution in [0.25, 0.3) is 22.4 Å². The molecule has 0 unspecified atom stereocenters. The van der Waals surface area contributed by atoms with Gasteiger partial charge in [-0.1, -0.05) is 17.3 Å². The number of aromatic nitrogens is 2. The summed E-state index contributed by atoms with van der Waals surface area (Å²) in [5.41, 5.74) is 0.519. The molecule has 7 nitrogen and oxygen atoms in total. The zero-order valence-electron chi connectivity index (χ0n) is 11.8. The minimum Gasteiger partial charge on any atom is -0.333 e. The van der Waals surface area contributed by atoms with Crippen LogP contribution in [-0.4, -0.2) is 15.1 Å². The van der Waals surface area contributed by atoms with Crippen LogP contribution in [0.4, 0.5) is 5.69 Å². The number of nitriles is 1. The number of hydrogen-bond acceptors (Lipinski definition) is 7. The van der Waals surface area contributed by atoms with Crippen LogP contribution in [0.1, 0.15) is 11.5 Å². The van der Waals surface area contributed by atoms with E-state index in [-0.39, 0.29) is 17.2 Å². The van der Waals surface area contributed by atoms with E-state index in [0.29, 0.717) is 15.9 Å². The quantitative estimate of drug-likeness (QED) is 0.360. The lowest BCUT2D eigenvalue weighted by atomic mass is 10.1. The fourth-order valence-electron chi connectivity index (χ4n) is 1.91. The number of nitro benzene ring substituents is 1. The first-order valence-corrected chi connectivity index (χ1v) is 8.19. The normalized spacial score (nSPS) is 11.2. The van der Waals surface area contributed by atoms with Crippen LogP contribution in [0.15, 0.2) is 44.7 Å². The summed E-state index contributed by atoms with van der Waals surface area (Å²) in [5.74, 6) is 0.453. The summed E-state index contributed by atoms with van der Waals surface area (Å²) in [7, 11) is 0. The SMILES string of the molecule is N#C/C(=C\c1ccc(Br)c([N+](=O)[O-])c1)c1nc(-c2cccs2)no1. The highest BCUT2D eigenvalue weighted by molar-refractivity contribution is 9.10. The Morgan fingerprint density at radius 3 is 2.96 bits per heavy atom. The monoisotopic (exact) mass is 402 g/mol. The molecule has 0 aliphatic heterocycles. The van der Waals surface area contributed by atoms with Gasteiger partial charge in [-0.2, -0.15) is 10.2 Å². The molecule has 0 aliphatic rings. The molecule has 0 spiro atoms. The Kier molecular flexibility index (Phi) is 4.50. The van der Waals surface area contributed by atoms with Gasteiger partial charge in [0, 0.05) is 6.07 Å². The highest BCUT2D eigenvalue weighted by Crippen LogP contribution is 2.28. The highest BCUT2D eigenvalue weighted by atomic mass is 79.9. The zero-order chi connectivity index (χ0) is 17.1. The van der Waals surface area contributed by atoms with E-state index >= 15 is 0 Å². The van der Waals surface area contributed by atoms with Gasteiger partial charge in [-0.15, -0.1) is 11.3 Å². The maximum atomic E-state index is 11.0. The number of rotatable bonds is 4. The van der Waals surface area contributed by atoms with Crippen molar-refractivity contribution in [2.24, 2.45) is 0 Å². The molecule has 24 heavy (non-hydrogen) atoms. The van der Waals surface area contributed by atoms with Crippen LogP contribution in [0, 0.1) is 21.4 Å². The summed E-state index contributed by atoms with van der Waals surface area (Å²) in [6.45, 7) is 0. The van der Waals surface area contributed by atoms with Crippen molar-refractivity contribution in [3.8, 4) is 16.8 Å². The lowest BCUT2D eigenvalue weighted by molar-refractivity contribution is -0.385. The summed E-state index contributed by atoms with van der Waals surface area (Å²) in [4.78, 5) is 15.5. The molecule has 118 valence electrons. The van der Waals surface area contributed by atoms with Gasteiger partial charge in [0.05, 0.1) is 14.3 Å². The standard InChI is InChI=1S/C15H7BrN4O3S/c16-11-4-3-9(7-12(11)20(21)22)6-10(8-17)15-18-14(19-23-15)13-2-1-5-24-13/h1-7H/b10-6+. The largest absolute Gasteiger partial charge is 0.333 e. The van der Waals surface area contributed by atoms with Gasteiger partial charge in [-0.3, -0.25) is 10.1 Å². The number of allylic oxidation sites excluding steroid dienone is 1. The lowest BCUT2D eigenvalue weighted by Crippen LogP contribution is -1.90. The molecular weight excluding hydrogens is 396 g/mol. The number of hydrogen-bond donors (Lipinski definition) is 0. The van der Waals surface area contributed by atoms with Crippen LogP contribution in [0.3, 0.4) is 0 Å². The van der Waals surface area contributed by atoms with E-state index in [0.717, 1.165) is 4.88 Å². The Hall–Kier alpha value is -2.83. The maximum absolute atomic E-state index is 11.0. The van der Waals surface area contributed by atoms with Crippen molar-refractivity contribution in [2.45, 2.75) is 0 Å². The molecule has 9 heteroatoms. The van der Waals surface area contributed by atoms with E-state index in [4.69, 9.17) is 4.52 Å². The van der Waals surface area contributed by atoms with Crippen LogP contribution in [-0.2, 0) is 0 Å². The molecule has 0 N–H and O–H groups in total. The van der Waals surface area contributed by atoms with Gasteiger partial charge in [0.2, 0.25) is 5.82 Å². The Morgan fingerprint density at radius 1 is 1.46 bits per heavy atom. The zero-order valence-corrected chi connectivity index (χ0v) is 14.2. The summed E-state index contributed by atoms with van der Waals surface area (Å²) in [6, 6.07) is 10.2. The Bertz CT molecular complexity index is 973. The van der Waals surface area contributed by atoms with Gasteiger partial charge in [0.25, 0.3) is 11.6 Å². The summed E-state index contributed by atoms with van der Waals surface area (Å²) in [5, 5.41) is 26.0. The first-order chi connectivity index (χ1) is 11.6. The number of thiophene rings is 1. The summed E-state index contributed by atoms with van der Waals surface area (Å²) >= 11 is 4.57. The predicted octanol–water partition coefficient (Wildman–Crippen LogP) is 4.53. The van der Waals surface area contributed by atoms with Crippen LogP contribution < -0.4 is 0 Å². The molecule has 1 aromatic carbocycles. The van der Waals surface area contributed by atoms with Crippen molar-refractivity contribution in [3.05, 3.63) is 61.8 Å². The molecular formula is C15H7BrN4O3S. The van der Waals surface area contributed by atoms with E-state index in [1.54, 1.807) is 12.1 Å². The summed E-state index contributed by atoms with van der Waals surface area (Å²) < 4.78 is 5.49. The lowest BCUT2D eigenvalue weighted by Gasteiger charge is -1.98. The highest BCUT2D eigenvalue weighted by Gasteiger charge is 2.15. The van der Waals surface area contributed by atoms with E-state index in [2.05, 4.69) is 26.1 Å².